The summed E-state index contributed by atoms with van der Waals surface area (Å²) in [6, 6.07) is 12.0. The summed E-state index contributed by atoms with van der Waals surface area (Å²) in [5, 5.41) is 12.2. The smallest absolute Gasteiger partial charge is 0.243 e. The molecule has 2 atom stereocenters. The molecule has 3 aromatic rings. The molecule has 1 saturated heterocycles. The zero-order valence-corrected chi connectivity index (χ0v) is 19.6. The summed E-state index contributed by atoms with van der Waals surface area (Å²) in [6.45, 7) is 8.03. The number of rotatable bonds is 7. The normalized spacial score (nSPS) is 18.1. The Labute approximate surface area is 192 Å². The number of likely N-dealkylation sites (tertiary alicyclic amines) is 1. The number of aromatic amines is 1. The van der Waals surface area contributed by atoms with E-state index in [2.05, 4.69) is 51.6 Å². The third-order valence-corrected chi connectivity index (χ3v) is 7.00. The summed E-state index contributed by atoms with van der Waals surface area (Å²) in [5.74, 6) is 1.40. The lowest BCUT2D eigenvalue weighted by atomic mass is 9.99. The molecule has 0 saturated carbocycles. The number of hydrogen-bond acceptors (Lipinski definition) is 5. The lowest BCUT2D eigenvalue weighted by Gasteiger charge is -2.30. The number of piperidine rings is 1. The van der Waals surface area contributed by atoms with E-state index in [-0.39, 0.29) is 5.91 Å². The van der Waals surface area contributed by atoms with E-state index in [9.17, 15) is 4.79 Å². The number of nitrogens with zero attached hydrogens (tertiary/aromatic N) is 3. The van der Waals surface area contributed by atoms with Crippen LogP contribution in [0, 0.1) is 10.7 Å². The van der Waals surface area contributed by atoms with Crippen LogP contribution in [0.25, 0.3) is 10.7 Å². The van der Waals surface area contributed by atoms with E-state index in [1.54, 1.807) is 15.9 Å². The minimum atomic E-state index is -0.455. The summed E-state index contributed by atoms with van der Waals surface area (Å²) < 4.78 is 2.22. The number of thiophene rings is 1. The highest BCUT2D eigenvalue weighted by molar-refractivity contribution is 7.71. The van der Waals surface area contributed by atoms with Gasteiger partial charge < -0.3 is 5.32 Å². The van der Waals surface area contributed by atoms with Gasteiger partial charge in [-0.25, -0.2) is 0 Å². The molecular formula is C23H29N5OS2. The maximum atomic E-state index is 12.8. The van der Waals surface area contributed by atoms with Crippen LogP contribution in [0.15, 0.2) is 41.8 Å². The quantitative estimate of drug-likeness (QED) is 0.503. The molecule has 6 nitrogen and oxygen atoms in total. The molecule has 0 bridgehead atoms. The van der Waals surface area contributed by atoms with Crippen molar-refractivity contribution in [2.24, 2.45) is 5.92 Å². The summed E-state index contributed by atoms with van der Waals surface area (Å²) in [7, 11) is 0. The van der Waals surface area contributed by atoms with Crippen LogP contribution >= 0.6 is 23.6 Å². The van der Waals surface area contributed by atoms with Gasteiger partial charge in [0.05, 0.1) is 4.88 Å². The highest BCUT2D eigenvalue weighted by atomic mass is 32.1. The van der Waals surface area contributed by atoms with Crippen LogP contribution in [-0.4, -0.2) is 38.7 Å². The van der Waals surface area contributed by atoms with Gasteiger partial charge in [0.15, 0.2) is 10.6 Å². The van der Waals surface area contributed by atoms with Crippen LogP contribution in [0.4, 0.5) is 0 Å². The fourth-order valence-corrected chi connectivity index (χ4v) is 5.15. The van der Waals surface area contributed by atoms with Crippen LogP contribution < -0.4 is 5.32 Å². The number of carbonyl (C=O) groups is 1. The van der Waals surface area contributed by atoms with Gasteiger partial charge in [0.2, 0.25) is 5.91 Å². The largest absolute Gasteiger partial charge is 0.350 e. The summed E-state index contributed by atoms with van der Waals surface area (Å²) in [5.41, 5.74) is 2.41. The van der Waals surface area contributed by atoms with Crippen LogP contribution in [0.5, 0.6) is 0 Å². The zero-order chi connectivity index (χ0) is 21.8. The van der Waals surface area contributed by atoms with Crippen LogP contribution in [0.1, 0.15) is 43.9 Å². The van der Waals surface area contributed by atoms with Crippen LogP contribution in [0.2, 0.25) is 0 Å². The van der Waals surface area contributed by atoms with Gasteiger partial charge in [0.1, 0.15) is 6.04 Å². The molecule has 8 heteroatoms. The number of benzene rings is 1. The molecule has 0 radical (unpaired) electrons. The van der Waals surface area contributed by atoms with E-state index in [4.69, 9.17) is 12.2 Å². The molecule has 3 heterocycles. The first kappa shape index (κ1) is 21.9. The van der Waals surface area contributed by atoms with E-state index in [1.807, 2.05) is 24.4 Å². The molecule has 0 aliphatic carbocycles. The third kappa shape index (κ3) is 5.31. The van der Waals surface area contributed by atoms with Crippen molar-refractivity contribution < 1.29 is 4.79 Å². The first-order valence-electron chi connectivity index (χ1n) is 10.8. The van der Waals surface area contributed by atoms with Gasteiger partial charge in [-0.2, -0.15) is 5.10 Å². The maximum absolute atomic E-state index is 12.8. The number of nitrogens with one attached hydrogen (secondary N) is 2. The average Bonchev–Trinajstić information content (AvgIpc) is 3.42. The molecule has 1 aliphatic heterocycles. The lowest BCUT2D eigenvalue weighted by molar-refractivity contribution is -0.124. The maximum Gasteiger partial charge on any atom is 0.243 e. The second-order valence-electron chi connectivity index (χ2n) is 8.39. The fourth-order valence-electron chi connectivity index (χ4n) is 4.15. The molecule has 1 amide bonds. The third-order valence-electron chi connectivity index (χ3n) is 5.85. The molecule has 2 unspecified atom stereocenters. The molecule has 164 valence electrons. The Bertz CT molecular complexity index is 1050. The Morgan fingerprint density at radius 3 is 2.81 bits per heavy atom. The summed E-state index contributed by atoms with van der Waals surface area (Å²) in [4.78, 5) is 16.3. The minimum Gasteiger partial charge on any atom is -0.350 e. The Morgan fingerprint density at radius 1 is 1.32 bits per heavy atom. The Balaban J connectivity index is 1.35. The molecule has 1 fully saturated rings. The molecule has 2 aromatic heterocycles. The van der Waals surface area contributed by atoms with Crippen molar-refractivity contribution >= 4 is 29.5 Å². The Kier molecular flexibility index (Phi) is 6.99. The predicted octanol–water partition coefficient (Wildman–Crippen LogP) is 4.78. The molecule has 31 heavy (non-hydrogen) atoms. The van der Waals surface area contributed by atoms with Gasteiger partial charge in [0.25, 0.3) is 0 Å². The van der Waals surface area contributed by atoms with Gasteiger partial charge in [-0.05, 0) is 67.0 Å². The summed E-state index contributed by atoms with van der Waals surface area (Å²) >= 11 is 6.95. The highest BCUT2D eigenvalue weighted by Crippen LogP contribution is 2.25. The number of aromatic nitrogens is 3. The van der Waals surface area contributed by atoms with Crippen LogP contribution in [-0.2, 0) is 17.9 Å². The highest BCUT2D eigenvalue weighted by Gasteiger charge is 2.21. The first-order valence-corrected chi connectivity index (χ1v) is 12.1. The molecule has 2 N–H and O–H groups in total. The van der Waals surface area contributed by atoms with E-state index < -0.39 is 6.04 Å². The van der Waals surface area contributed by atoms with Gasteiger partial charge >= 0.3 is 0 Å². The van der Waals surface area contributed by atoms with Crippen molar-refractivity contribution in [3.05, 3.63) is 57.7 Å². The lowest BCUT2D eigenvalue weighted by Crippen LogP contribution is -2.33. The monoisotopic (exact) mass is 455 g/mol. The number of hydrogen-bond donors (Lipinski definition) is 2. The molecule has 1 aliphatic rings. The van der Waals surface area contributed by atoms with Crippen molar-refractivity contribution in [3.63, 3.8) is 0 Å². The van der Waals surface area contributed by atoms with Crippen molar-refractivity contribution in [3.8, 4) is 10.7 Å². The molecule has 1 aromatic carbocycles. The standard InChI is InChI=1S/C23H29N5OS2/c1-16-5-3-11-27(14-16)15-19-9-7-18(8-10-19)13-24-22(29)17(2)28-21(25-26-23(28)30)20-6-4-12-31-20/h4,6-10,12,16-17H,3,5,11,13-15H2,1-2H3,(H,24,29)(H,26,30). The number of H-pyrrole nitrogens is 1. The second-order valence-corrected chi connectivity index (χ2v) is 9.73. The zero-order valence-electron chi connectivity index (χ0n) is 18.0. The van der Waals surface area contributed by atoms with Gasteiger partial charge in [0, 0.05) is 19.6 Å². The van der Waals surface area contributed by atoms with E-state index >= 15 is 0 Å². The fraction of sp³-hybridized carbons (Fsp3) is 0.435. The molecule has 0 spiro atoms. The Morgan fingerprint density at radius 2 is 2.10 bits per heavy atom. The van der Waals surface area contributed by atoms with E-state index in [0.717, 1.165) is 22.9 Å². The number of amides is 1. The van der Waals surface area contributed by atoms with Crippen molar-refractivity contribution in [1.29, 1.82) is 0 Å². The predicted molar refractivity (Wildman–Crippen MR) is 127 cm³/mol. The van der Waals surface area contributed by atoms with Gasteiger partial charge in [-0.1, -0.05) is 37.3 Å². The van der Waals surface area contributed by atoms with E-state index in [1.165, 1.54) is 31.5 Å². The second kappa shape index (κ2) is 9.89. The Hall–Kier alpha value is -2.29. The molecule has 4 rings (SSSR count). The SMILES string of the molecule is CC1CCCN(Cc2ccc(CNC(=O)C(C)n3c(-c4cccs4)n[nH]c3=S)cc2)C1. The molecular weight excluding hydrogens is 426 g/mol. The van der Waals surface area contributed by atoms with Crippen molar-refractivity contribution in [1.82, 2.24) is 25.0 Å². The van der Waals surface area contributed by atoms with Gasteiger partial charge in [-0.3, -0.25) is 19.4 Å². The van der Waals surface area contributed by atoms with Crippen molar-refractivity contribution in [2.75, 3.05) is 13.1 Å². The summed E-state index contributed by atoms with van der Waals surface area (Å²) in [6.07, 6.45) is 2.63. The van der Waals surface area contributed by atoms with Crippen LogP contribution in [0.3, 0.4) is 0 Å². The number of carbonyl (C=O) groups excluding carboxylic acids is 1. The van der Waals surface area contributed by atoms with Gasteiger partial charge in [-0.15, -0.1) is 11.3 Å². The first-order chi connectivity index (χ1) is 15.0. The average molecular weight is 456 g/mol. The topological polar surface area (TPSA) is 66.0 Å². The van der Waals surface area contributed by atoms with E-state index in [0.29, 0.717) is 17.1 Å². The van der Waals surface area contributed by atoms with Crippen molar-refractivity contribution in [2.45, 2.75) is 45.8 Å². The minimum absolute atomic E-state index is 0.0818.